The van der Waals surface area contributed by atoms with Gasteiger partial charge in [-0.3, -0.25) is 4.79 Å². The molecule has 1 aromatic carbocycles. The zero-order valence-corrected chi connectivity index (χ0v) is 15.0. The lowest BCUT2D eigenvalue weighted by molar-refractivity contribution is -0.154. The maximum atomic E-state index is 12.3. The van der Waals surface area contributed by atoms with E-state index in [1.807, 2.05) is 24.3 Å². The Morgan fingerprint density at radius 1 is 1.25 bits per heavy atom. The van der Waals surface area contributed by atoms with Gasteiger partial charge in [0.1, 0.15) is 5.02 Å². The van der Waals surface area contributed by atoms with E-state index in [1.165, 1.54) is 6.07 Å². The van der Waals surface area contributed by atoms with Crippen LogP contribution in [0.5, 0.6) is 5.88 Å². The molecule has 146 valence electrons. The zero-order valence-electron chi connectivity index (χ0n) is 14.3. The number of carbonyl (C=O) groups is 1. The van der Waals surface area contributed by atoms with Crippen molar-refractivity contribution in [3.05, 3.63) is 71.1 Å². The van der Waals surface area contributed by atoms with Crippen molar-refractivity contribution in [3.8, 4) is 11.6 Å². The number of carbonyl (C=O) groups excluding carboxylic acids is 1. The Hall–Kier alpha value is -3.07. The highest BCUT2D eigenvalue weighted by Crippen LogP contribution is 2.25. The SMILES string of the molecule is O=C(NCc1ccccc1-n1cccn1)c1cnc(OCC(F)(F)F)c(Cl)c1. The van der Waals surface area contributed by atoms with Crippen molar-refractivity contribution in [1.29, 1.82) is 0 Å². The topological polar surface area (TPSA) is 69.0 Å². The van der Waals surface area contributed by atoms with Crippen molar-refractivity contribution in [2.75, 3.05) is 6.61 Å². The van der Waals surface area contributed by atoms with E-state index in [9.17, 15) is 18.0 Å². The van der Waals surface area contributed by atoms with Crippen LogP contribution in [0.4, 0.5) is 13.2 Å². The van der Waals surface area contributed by atoms with Crippen LogP contribution in [0.3, 0.4) is 0 Å². The summed E-state index contributed by atoms with van der Waals surface area (Å²) in [6.07, 6.45) is 0.0187. The lowest BCUT2D eigenvalue weighted by Crippen LogP contribution is -2.24. The van der Waals surface area contributed by atoms with Crippen molar-refractivity contribution >= 4 is 17.5 Å². The molecule has 0 aliphatic rings. The minimum atomic E-state index is -4.51. The predicted octanol–water partition coefficient (Wildman–Crippen LogP) is 3.79. The highest BCUT2D eigenvalue weighted by Gasteiger charge is 2.29. The van der Waals surface area contributed by atoms with Gasteiger partial charge in [0, 0.05) is 25.1 Å². The predicted molar refractivity (Wildman–Crippen MR) is 95.5 cm³/mol. The normalized spacial score (nSPS) is 11.3. The molecule has 0 aliphatic heterocycles. The van der Waals surface area contributed by atoms with Gasteiger partial charge in [-0.15, -0.1) is 0 Å². The molecule has 2 heterocycles. The fraction of sp³-hybridized carbons (Fsp3) is 0.167. The van der Waals surface area contributed by atoms with E-state index >= 15 is 0 Å². The number of hydrogen-bond acceptors (Lipinski definition) is 4. The molecule has 0 aliphatic carbocycles. The van der Waals surface area contributed by atoms with Crippen LogP contribution < -0.4 is 10.1 Å². The quantitative estimate of drug-likeness (QED) is 0.671. The smallest absolute Gasteiger partial charge is 0.422 e. The molecule has 0 fully saturated rings. The fourth-order valence-electron chi connectivity index (χ4n) is 2.38. The van der Waals surface area contributed by atoms with E-state index in [4.69, 9.17) is 11.6 Å². The fourth-order valence-corrected chi connectivity index (χ4v) is 2.60. The van der Waals surface area contributed by atoms with Crippen LogP contribution >= 0.6 is 11.6 Å². The number of aromatic nitrogens is 3. The van der Waals surface area contributed by atoms with Gasteiger partial charge in [0.15, 0.2) is 6.61 Å². The molecule has 1 N–H and O–H groups in total. The molecular weight excluding hydrogens is 397 g/mol. The standard InChI is InChI=1S/C18H14ClF3N4O2/c19-14-8-13(10-24-17(14)28-11-18(20,21)22)16(27)23-9-12-4-1-2-5-15(12)26-7-3-6-25-26/h1-8,10H,9,11H2,(H,23,27). The molecular formula is C18H14ClF3N4O2. The zero-order chi connectivity index (χ0) is 20.1. The summed E-state index contributed by atoms with van der Waals surface area (Å²) < 4.78 is 42.8. The summed E-state index contributed by atoms with van der Waals surface area (Å²) in [6.45, 7) is -1.31. The minimum Gasteiger partial charge on any atom is -0.467 e. The molecule has 3 rings (SSSR count). The van der Waals surface area contributed by atoms with Crippen LogP contribution in [0.25, 0.3) is 5.69 Å². The first-order chi connectivity index (χ1) is 13.3. The molecule has 6 nitrogen and oxygen atoms in total. The van der Waals surface area contributed by atoms with Crippen LogP contribution in [0.1, 0.15) is 15.9 Å². The molecule has 1 amide bonds. The van der Waals surface area contributed by atoms with Crippen molar-refractivity contribution in [3.63, 3.8) is 0 Å². The third-order valence-corrected chi connectivity index (χ3v) is 3.90. The monoisotopic (exact) mass is 410 g/mol. The molecule has 0 radical (unpaired) electrons. The Balaban J connectivity index is 1.67. The van der Waals surface area contributed by atoms with Gasteiger partial charge in [0.05, 0.1) is 11.3 Å². The number of rotatable bonds is 6. The average molecular weight is 411 g/mol. The molecule has 0 saturated carbocycles. The highest BCUT2D eigenvalue weighted by molar-refractivity contribution is 6.32. The number of alkyl halides is 3. The van der Waals surface area contributed by atoms with E-state index in [0.717, 1.165) is 17.4 Å². The van der Waals surface area contributed by atoms with Gasteiger partial charge in [0.25, 0.3) is 5.91 Å². The van der Waals surface area contributed by atoms with Crippen LogP contribution in [0.15, 0.2) is 55.0 Å². The second-order valence-electron chi connectivity index (χ2n) is 5.68. The molecule has 0 atom stereocenters. The van der Waals surface area contributed by atoms with Crippen LogP contribution in [0, 0.1) is 0 Å². The molecule has 0 bridgehead atoms. The Kier molecular flexibility index (Phi) is 5.84. The molecule has 28 heavy (non-hydrogen) atoms. The van der Waals surface area contributed by atoms with Gasteiger partial charge >= 0.3 is 6.18 Å². The van der Waals surface area contributed by atoms with Gasteiger partial charge in [-0.25, -0.2) is 9.67 Å². The number of halogens is 4. The van der Waals surface area contributed by atoms with Crippen molar-refractivity contribution in [1.82, 2.24) is 20.1 Å². The molecule has 3 aromatic rings. The summed E-state index contributed by atoms with van der Waals surface area (Å²) >= 11 is 5.87. The highest BCUT2D eigenvalue weighted by atomic mass is 35.5. The summed E-state index contributed by atoms with van der Waals surface area (Å²) in [5.41, 5.74) is 1.73. The van der Waals surface area contributed by atoms with Crippen molar-refractivity contribution < 1.29 is 22.7 Å². The third-order valence-electron chi connectivity index (χ3n) is 3.62. The first kappa shape index (κ1) is 19.7. The van der Waals surface area contributed by atoms with E-state index in [1.54, 1.807) is 23.1 Å². The number of ether oxygens (including phenoxy) is 1. The number of nitrogens with zero attached hydrogens (tertiary/aromatic N) is 3. The maximum absolute atomic E-state index is 12.3. The Bertz CT molecular complexity index is 962. The number of nitrogens with one attached hydrogen (secondary N) is 1. The second kappa shape index (κ2) is 8.30. The molecule has 10 heteroatoms. The lowest BCUT2D eigenvalue weighted by atomic mass is 10.1. The van der Waals surface area contributed by atoms with Gasteiger partial charge in [-0.2, -0.15) is 18.3 Å². The minimum absolute atomic E-state index is 0.0981. The Labute approximate surface area is 162 Å². The summed E-state index contributed by atoms with van der Waals surface area (Å²) in [4.78, 5) is 16.0. The Morgan fingerprint density at radius 3 is 2.71 bits per heavy atom. The summed E-state index contributed by atoms with van der Waals surface area (Å²) in [5.74, 6) is -0.869. The Morgan fingerprint density at radius 2 is 2.04 bits per heavy atom. The van der Waals surface area contributed by atoms with Gasteiger partial charge < -0.3 is 10.1 Å². The largest absolute Gasteiger partial charge is 0.467 e. The number of amides is 1. The van der Waals surface area contributed by atoms with Gasteiger partial charge in [0.2, 0.25) is 5.88 Å². The lowest BCUT2D eigenvalue weighted by Gasteiger charge is -2.12. The molecule has 0 spiro atoms. The van der Waals surface area contributed by atoms with Crippen LogP contribution in [-0.2, 0) is 6.54 Å². The molecule has 0 saturated heterocycles. The second-order valence-corrected chi connectivity index (χ2v) is 6.08. The van der Waals surface area contributed by atoms with Gasteiger partial charge in [-0.1, -0.05) is 29.8 Å². The number of pyridine rings is 1. The van der Waals surface area contributed by atoms with Crippen LogP contribution in [-0.4, -0.2) is 33.5 Å². The first-order valence-electron chi connectivity index (χ1n) is 8.05. The number of para-hydroxylation sites is 1. The third kappa shape index (κ3) is 5.01. The maximum Gasteiger partial charge on any atom is 0.422 e. The summed E-state index contributed by atoms with van der Waals surface area (Å²) in [6, 6.07) is 10.4. The summed E-state index contributed by atoms with van der Waals surface area (Å²) in [7, 11) is 0. The van der Waals surface area contributed by atoms with E-state index < -0.39 is 18.7 Å². The van der Waals surface area contributed by atoms with Crippen molar-refractivity contribution in [2.45, 2.75) is 12.7 Å². The van der Waals surface area contributed by atoms with Crippen LogP contribution in [0.2, 0.25) is 5.02 Å². The molecule has 0 unspecified atom stereocenters. The summed E-state index contributed by atoms with van der Waals surface area (Å²) in [5, 5.41) is 6.71. The van der Waals surface area contributed by atoms with Crippen molar-refractivity contribution in [2.24, 2.45) is 0 Å². The average Bonchev–Trinajstić information content (AvgIpc) is 3.19. The molecule has 2 aromatic heterocycles. The first-order valence-corrected chi connectivity index (χ1v) is 8.42. The van der Waals surface area contributed by atoms with Gasteiger partial charge in [-0.05, 0) is 23.8 Å². The van der Waals surface area contributed by atoms with E-state index in [-0.39, 0.29) is 23.0 Å². The number of benzene rings is 1. The van der Waals surface area contributed by atoms with E-state index in [0.29, 0.717) is 0 Å². The van der Waals surface area contributed by atoms with E-state index in [2.05, 4.69) is 20.1 Å². The number of hydrogen-bond donors (Lipinski definition) is 1.